The van der Waals surface area contributed by atoms with Crippen molar-refractivity contribution in [3.05, 3.63) is 54.6 Å². The molecule has 4 fully saturated rings. The van der Waals surface area contributed by atoms with Crippen molar-refractivity contribution in [1.82, 2.24) is 5.32 Å². The Morgan fingerprint density at radius 1 is 0.793 bits per heavy atom. The van der Waals surface area contributed by atoms with E-state index in [2.05, 4.69) is 59.9 Å². The molecule has 3 heteroatoms. The van der Waals surface area contributed by atoms with E-state index in [0.29, 0.717) is 5.54 Å². The SMILES string of the molecule is Cl.c1ccc(-c2ccccc2SCCCCNC23CC4CC(CC(C4)C2)C3)cc1. The molecule has 2 aromatic rings. The third kappa shape index (κ3) is 4.86. The number of halogens is 1. The second kappa shape index (κ2) is 9.45. The third-order valence-corrected chi connectivity index (χ3v) is 8.50. The minimum absolute atomic E-state index is 0. The highest BCUT2D eigenvalue weighted by molar-refractivity contribution is 7.99. The third-order valence-electron chi connectivity index (χ3n) is 7.34. The van der Waals surface area contributed by atoms with E-state index in [4.69, 9.17) is 0 Å². The quantitative estimate of drug-likeness (QED) is 0.353. The standard InChI is InChI=1S/C26H33NS.ClH/c1-2-8-23(9-3-1)24-10-4-5-11-25(24)28-13-7-6-12-27-26-17-20-14-21(18-26)16-22(15-20)19-26;/h1-5,8-11,20-22,27H,6-7,12-19H2;1H. The topological polar surface area (TPSA) is 12.0 Å². The summed E-state index contributed by atoms with van der Waals surface area (Å²) in [5.41, 5.74) is 3.23. The molecule has 0 spiro atoms. The van der Waals surface area contributed by atoms with Crippen LogP contribution in [0.25, 0.3) is 11.1 Å². The van der Waals surface area contributed by atoms with Crippen LogP contribution >= 0.6 is 24.2 Å². The Bertz CT molecular complexity index is 755. The lowest BCUT2D eigenvalue weighted by Crippen LogP contribution is -2.58. The fourth-order valence-corrected chi connectivity index (χ4v) is 7.62. The van der Waals surface area contributed by atoms with Crippen molar-refractivity contribution >= 4 is 24.2 Å². The van der Waals surface area contributed by atoms with Gasteiger partial charge in [-0.2, -0.15) is 0 Å². The van der Waals surface area contributed by atoms with Gasteiger partial charge in [-0.05, 0) is 98.6 Å². The van der Waals surface area contributed by atoms with Gasteiger partial charge >= 0.3 is 0 Å². The van der Waals surface area contributed by atoms with Crippen molar-refractivity contribution in [1.29, 1.82) is 0 Å². The fourth-order valence-electron chi connectivity index (χ4n) is 6.54. The van der Waals surface area contributed by atoms with Crippen LogP contribution in [0.15, 0.2) is 59.5 Å². The maximum Gasteiger partial charge on any atom is 0.0189 e. The van der Waals surface area contributed by atoms with Gasteiger partial charge in [0.15, 0.2) is 0 Å². The van der Waals surface area contributed by atoms with E-state index in [9.17, 15) is 0 Å². The molecule has 4 saturated carbocycles. The molecule has 2 aromatic carbocycles. The second-order valence-electron chi connectivity index (χ2n) is 9.54. The normalized spacial score (nSPS) is 29.6. The second-order valence-corrected chi connectivity index (χ2v) is 10.7. The minimum atomic E-state index is 0. The zero-order chi connectivity index (χ0) is 18.8. The number of hydrogen-bond acceptors (Lipinski definition) is 2. The first kappa shape index (κ1) is 21.3. The summed E-state index contributed by atoms with van der Waals surface area (Å²) >= 11 is 2.02. The van der Waals surface area contributed by atoms with E-state index in [1.165, 1.54) is 79.7 Å². The number of benzene rings is 2. The molecule has 0 heterocycles. The van der Waals surface area contributed by atoms with Crippen molar-refractivity contribution in [2.24, 2.45) is 17.8 Å². The highest BCUT2D eigenvalue weighted by Crippen LogP contribution is 2.55. The van der Waals surface area contributed by atoms with Gasteiger partial charge in [-0.15, -0.1) is 24.2 Å². The van der Waals surface area contributed by atoms with Crippen LogP contribution in [0.1, 0.15) is 51.4 Å². The lowest BCUT2D eigenvalue weighted by atomic mass is 9.53. The predicted octanol–water partition coefficient (Wildman–Crippen LogP) is 7.21. The summed E-state index contributed by atoms with van der Waals surface area (Å²) in [5, 5.41) is 4.05. The predicted molar refractivity (Wildman–Crippen MR) is 128 cm³/mol. The van der Waals surface area contributed by atoms with E-state index in [1.807, 2.05) is 11.8 Å². The maximum atomic E-state index is 4.05. The van der Waals surface area contributed by atoms with Gasteiger partial charge in [0.25, 0.3) is 0 Å². The Kier molecular flexibility index (Phi) is 6.94. The molecule has 1 nitrogen and oxygen atoms in total. The maximum absolute atomic E-state index is 4.05. The Morgan fingerprint density at radius 3 is 2.10 bits per heavy atom. The zero-order valence-corrected chi connectivity index (χ0v) is 18.9. The summed E-state index contributed by atoms with van der Waals surface area (Å²) in [4.78, 5) is 1.42. The Labute approximate surface area is 186 Å². The van der Waals surface area contributed by atoms with Crippen LogP contribution in [-0.2, 0) is 0 Å². The van der Waals surface area contributed by atoms with Crippen LogP contribution in [-0.4, -0.2) is 17.8 Å². The first-order chi connectivity index (χ1) is 13.8. The van der Waals surface area contributed by atoms with Gasteiger partial charge in [-0.3, -0.25) is 0 Å². The van der Waals surface area contributed by atoms with Crippen LogP contribution in [0, 0.1) is 17.8 Å². The fraction of sp³-hybridized carbons (Fsp3) is 0.538. The van der Waals surface area contributed by atoms with Crippen LogP contribution in [0.5, 0.6) is 0 Å². The molecule has 0 aromatic heterocycles. The molecular formula is C26H34ClNS. The van der Waals surface area contributed by atoms with Crippen molar-refractivity contribution < 1.29 is 0 Å². The lowest BCUT2D eigenvalue weighted by molar-refractivity contribution is -0.0195. The van der Waals surface area contributed by atoms with Gasteiger partial charge in [0.2, 0.25) is 0 Å². The molecule has 1 N–H and O–H groups in total. The first-order valence-corrected chi connectivity index (χ1v) is 12.3. The lowest BCUT2D eigenvalue weighted by Gasteiger charge is -2.57. The highest BCUT2D eigenvalue weighted by Gasteiger charge is 2.50. The Balaban J connectivity index is 0.00000205. The van der Waals surface area contributed by atoms with Gasteiger partial charge in [0.1, 0.15) is 0 Å². The van der Waals surface area contributed by atoms with Crippen LogP contribution in [0.4, 0.5) is 0 Å². The Hall–Kier alpha value is -0.960. The molecule has 156 valence electrons. The van der Waals surface area contributed by atoms with Gasteiger partial charge in [0.05, 0.1) is 0 Å². The van der Waals surface area contributed by atoms with Crippen LogP contribution < -0.4 is 5.32 Å². The van der Waals surface area contributed by atoms with Crippen LogP contribution in [0.3, 0.4) is 0 Å². The van der Waals surface area contributed by atoms with Crippen molar-refractivity contribution in [3.8, 4) is 11.1 Å². The van der Waals surface area contributed by atoms with E-state index in [-0.39, 0.29) is 12.4 Å². The van der Waals surface area contributed by atoms with E-state index in [1.54, 1.807) is 0 Å². The van der Waals surface area contributed by atoms with Gasteiger partial charge in [-0.25, -0.2) is 0 Å². The number of hydrogen-bond donors (Lipinski definition) is 1. The first-order valence-electron chi connectivity index (χ1n) is 11.3. The smallest absolute Gasteiger partial charge is 0.0189 e. The number of nitrogens with one attached hydrogen (secondary N) is 1. The molecule has 0 unspecified atom stereocenters. The van der Waals surface area contributed by atoms with Gasteiger partial charge < -0.3 is 5.32 Å². The summed E-state index contributed by atoms with van der Waals surface area (Å²) in [6.45, 7) is 1.22. The summed E-state index contributed by atoms with van der Waals surface area (Å²) < 4.78 is 0. The highest BCUT2D eigenvalue weighted by atomic mass is 35.5. The molecule has 0 aliphatic heterocycles. The molecule has 0 radical (unpaired) electrons. The van der Waals surface area contributed by atoms with Gasteiger partial charge in [-0.1, -0.05) is 48.5 Å². The summed E-state index contributed by atoms with van der Waals surface area (Å²) in [6, 6.07) is 19.7. The molecule has 0 amide bonds. The molecule has 29 heavy (non-hydrogen) atoms. The summed E-state index contributed by atoms with van der Waals surface area (Å²) in [7, 11) is 0. The molecule has 4 aliphatic carbocycles. The van der Waals surface area contributed by atoms with Crippen LogP contribution in [0.2, 0.25) is 0 Å². The largest absolute Gasteiger partial charge is 0.311 e. The van der Waals surface area contributed by atoms with Crippen molar-refractivity contribution in [2.75, 3.05) is 12.3 Å². The number of rotatable bonds is 8. The van der Waals surface area contributed by atoms with E-state index < -0.39 is 0 Å². The minimum Gasteiger partial charge on any atom is -0.311 e. The Morgan fingerprint density at radius 2 is 1.41 bits per heavy atom. The summed E-state index contributed by atoms with van der Waals surface area (Å²) in [6.07, 6.45) is 11.6. The van der Waals surface area contributed by atoms with E-state index in [0.717, 1.165) is 17.8 Å². The average Bonchev–Trinajstić information content (AvgIpc) is 2.70. The average molecular weight is 428 g/mol. The van der Waals surface area contributed by atoms with Gasteiger partial charge in [0, 0.05) is 10.4 Å². The summed E-state index contributed by atoms with van der Waals surface area (Å²) in [5.74, 6) is 4.35. The number of thioether (sulfide) groups is 1. The number of unbranched alkanes of at least 4 members (excludes halogenated alkanes) is 1. The van der Waals surface area contributed by atoms with Crippen molar-refractivity contribution in [2.45, 2.75) is 61.8 Å². The molecule has 0 atom stereocenters. The monoisotopic (exact) mass is 427 g/mol. The molecule has 6 rings (SSSR count). The van der Waals surface area contributed by atoms with E-state index >= 15 is 0 Å². The molecule has 4 bridgehead atoms. The molecule has 0 saturated heterocycles. The zero-order valence-electron chi connectivity index (χ0n) is 17.3. The molecule has 4 aliphatic rings. The molecular weight excluding hydrogens is 394 g/mol. The van der Waals surface area contributed by atoms with Crippen molar-refractivity contribution in [3.63, 3.8) is 0 Å².